The van der Waals surface area contributed by atoms with Gasteiger partial charge in [-0.2, -0.15) is 13.2 Å². The van der Waals surface area contributed by atoms with E-state index >= 15 is 0 Å². The first-order valence-electron chi connectivity index (χ1n) is 9.59. The van der Waals surface area contributed by atoms with Gasteiger partial charge in [0.05, 0.1) is 6.61 Å². The molecule has 27 heavy (non-hydrogen) atoms. The monoisotopic (exact) mass is 390 g/mol. The van der Waals surface area contributed by atoms with Gasteiger partial charge in [0.1, 0.15) is 12.4 Å². The summed E-state index contributed by atoms with van der Waals surface area (Å²) in [6, 6.07) is 5.68. The minimum atomic E-state index is -4.38. The van der Waals surface area contributed by atoms with E-state index in [4.69, 9.17) is 0 Å². The number of allylic oxidation sites excluding steroid dienone is 1. The molecule has 1 aromatic carbocycles. The lowest BCUT2D eigenvalue weighted by atomic mass is 9.79. The van der Waals surface area contributed by atoms with Gasteiger partial charge in [-0.3, -0.25) is 0 Å². The largest absolute Gasteiger partial charge is 0.411 e. The van der Waals surface area contributed by atoms with E-state index in [0.717, 1.165) is 25.7 Å². The van der Waals surface area contributed by atoms with Crippen LogP contribution in [-0.2, 0) is 11.3 Å². The van der Waals surface area contributed by atoms with Gasteiger partial charge in [-0.15, -0.1) is 0 Å². The summed E-state index contributed by atoms with van der Waals surface area (Å²) in [5.41, 5.74) is 0.591. The molecule has 2 rings (SSSR count). The summed E-state index contributed by atoms with van der Waals surface area (Å²) < 4.78 is 69.7. The molecule has 1 saturated carbocycles. The Morgan fingerprint density at radius 2 is 1.67 bits per heavy atom. The number of alkyl halides is 3. The smallest absolute Gasteiger partial charge is 0.367 e. The van der Waals surface area contributed by atoms with E-state index in [1.54, 1.807) is 0 Å². The molecular weight excluding hydrogens is 363 g/mol. The number of benzene rings is 1. The number of rotatable bonds is 8. The number of hydrogen-bond acceptors (Lipinski definition) is 1. The number of ether oxygens (including phenoxy) is 1. The van der Waals surface area contributed by atoms with E-state index in [1.807, 2.05) is 0 Å². The summed E-state index contributed by atoms with van der Waals surface area (Å²) in [5.74, 6) is -1.33. The molecule has 0 saturated heterocycles. The second-order valence-corrected chi connectivity index (χ2v) is 7.33. The SMILES string of the molecule is CCCCC1CCC(/C(F)=C(\F)c2ccc(COCC(F)(F)F)cc2)CC1. The fourth-order valence-electron chi connectivity index (χ4n) is 3.55. The number of halogens is 5. The normalized spacial score (nSPS) is 21.9. The molecule has 0 unspecified atom stereocenters. The maximum atomic E-state index is 14.5. The van der Waals surface area contributed by atoms with E-state index in [-0.39, 0.29) is 18.1 Å². The highest BCUT2D eigenvalue weighted by atomic mass is 19.4. The van der Waals surface area contributed by atoms with Gasteiger partial charge in [-0.05, 0) is 37.2 Å². The Labute approximate surface area is 157 Å². The van der Waals surface area contributed by atoms with Crippen LogP contribution in [0, 0.1) is 11.8 Å². The molecule has 0 atom stereocenters. The van der Waals surface area contributed by atoms with Crippen LogP contribution in [0.15, 0.2) is 30.1 Å². The lowest BCUT2D eigenvalue weighted by molar-refractivity contribution is -0.176. The van der Waals surface area contributed by atoms with Crippen molar-refractivity contribution >= 4 is 5.83 Å². The zero-order chi connectivity index (χ0) is 19.9. The molecule has 1 nitrogen and oxygen atoms in total. The maximum absolute atomic E-state index is 14.5. The lowest BCUT2D eigenvalue weighted by Crippen LogP contribution is -2.16. The van der Waals surface area contributed by atoms with Crippen LogP contribution in [0.4, 0.5) is 22.0 Å². The average molecular weight is 390 g/mol. The average Bonchev–Trinajstić information content (AvgIpc) is 2.65. The summed E-state index contributed by atoms with van der Waals surface area (Å²) >= 11 is 0. The molecule has 1 aromatic rings. The molecule has 0 aromatic heterocycles. The van der Waals surface area contributed by atoms with Crippen molar-refractivity contribution in [3.63, 3.8) is 0 Å². The van der Waals surface area contributed by atoms with E-state index in [0.29, 0.717) is 24.3 Å². The third kappa shape index (κ3) is 7.24. The summed E-state index contributed by atoms with van der Waals surface area (Å²) in [4.78, 5) is 0. The second-order valence-electron chi connectivity index (χ2n) is 7.33. The summed E-state index contributed by atoms with van der Waals surface area (Å²) in [7, 11) is 0. The van der Waals surface area contributed by atoms with Crippen molar-refractivity contribution < 1.29 is 26.7 Å². The van der Waals surface area contributed by atoms with E-state index in [1.165, 1.54) is 30.7 Å². The maximum Gasteiger partial charge on any atom is 0.411 e. The molecule has 0 bridgehead atoms. The Bertz CT molecular complexity index is 598. The first kappa shape index (κ1) is 21.9. The van der Waals surface area contributed by atoms with Crippen LogP contribution in [0.25, 0.3) is 5.83 Å². The summed E-state index contributed by atoms with van der Waals surface area (Å²) in [5, 5.41) is 0. The van der Waals surface area contributed by atoms with Crippen molar-refractivity contribution in [1.82, 2.24) is 0 Å². The number of unbranched alkanes of at least 4 members (excludes halogenated alkanes) is 1. The molecule has 0 spiro atoms. The topological polar surface area (TPSA) is 9.23 Å². The fraction of sp³-hybridized carbons (Fsp3) is 0.619. The van der Waals surface area contributed by atoms with Crippen LogP contribution in [0.3, 0.4) is 0 Å². The van der Waals surface area contributed by atoms with Crippen LogP contribution >= 0.6 is 0 Å². The first-order chi connectivity index (χ1) is 12.8. The summed E-state index contributed by atoms with van der Waals surface area (Å²) in [6.45, 7) is 0.588. The Morgan fingerprint density at radius 3 is 2.22 bits per heavy atom. The van der Waals surface area contributed by atoms with Crippen molar-refractivity contribution in [3.8, 4) is 0 Å². The predicted molar refractivity (Wildman–Crippen MR) is 96.3 cm³/mol. The molecule has 1 aliphatic rings. The first-order valence-corrected chi connectivity index (χ1v) is 9.59. The molecular formula is C21H27F5O. The molecule has 0 N–H and O–H groups in total. The van der Waals surface area contributed by atoms with Gasteiger partial charge in [0, 0.05) is 11.5 Å². The van der Waals surface area contributed by atoms with Gasteiger partial charge in [0.25, 0.3) is 0 Å². The molecule has 1 fully saturated rings. The van der Waals surface area contributed by atoms with Crippen LogP contribution < -0.4 is 0 Å². The Hall–Kier alpha value is -1.43. The van der Waals surface area contributed by atoms with Crippen molar-refractivity contribution in [2.45, 2.75) is 64.7 Å². The molecule has 0 radical (unpaired) electrons. The van der Waals surface area contributed by atoms with Gasteiger partial charge >= 0.3 is 6.18 Å². The van der Waals surface area contributed by atoms with E-state index < -0.39 is 24.4 Å². The van der Waals surface area contributed by atoms with Crippen molar-refractivity contribution in [2.24, 2.45) is 11.8 Å². The van der Waals surface area contributed by atoms with Crippen LogP contribution in [0.2, 0.25) is 0 Å². The molecule has 6 heteroatoms. The third-order valence-corrected chi connectivity index (χ3v) is 5.12. The third-order valence-electron chi connectivity index (χ3n) is 5.12. The zero-order valence-corrected chi connectivity index (χ0v) is 15.6. The van der Waals surface area contributed by atoms with E-state index in [2.05, 4.69) is 11.7 Å². The highest BCUT2D eigenvalue weighted by molar-refractivity contribution is 5.61. The highest BCUT2D eigenvalue weighted by Gasteiger charge is 2.28. The van der Waals surface area contributed by atoms with Crippen molar-refractivity contribution in [1.29, 1.82) is 0 Å². The van der Waals surface area contributed by atoms with Gasteiger partial charge < -0.3 is 4.74 Å². The van der Waals surface area contributed by atoms with Crippen LogP contribution in [0.5, 0.6) is 0 Å². The quantitative estimate of drug-likeness (QED) is 0.421. The minimum Gasteiger partial charge on any atom is -0.367 e. The number of hydrogen-bond donors (Lipinski definition) is 0. The van der Waals surface area contributed by atoms with Crippen LogP contribution in [-0.4, -0.2) is 12.8 Å². The van der Waals surface area contributed by atoms with Gasteiger partial charge in [0.15, 0.2) is 5.83 Å². The molecule has 0 aliphatic heterocycles. The highest BCUT2D eigenvalue weighted by Crippen LogP contribution is 2.39. The Balaban J connectivity index is 1.90. The molecule has 0 heterocycles. The molecule has 1 aliphatic carbocycles. The lowest BCUT2D eigenvalue weighted by Gasteiger charge is -2.27. The van der Waals surface area contributed by atoms with E-state index in [9.17, 15) is 22.0 Å². The van der Waals surface area contributed by atoms with Crippen molar-refractivity contribution in [3.05, 3.63) is 41.2 Å². The van der Waals surface area contributed by atoms with Gasteiger partial charge in [-0.1, -0.05) is 50.5 Å². The summed E-state index contributed by atoms with van der Waals surface area (Å²) in [6.07, 6.45) is 2.30. The van der Waals surface area contributed by atoms with Gasteiger partial charge in [-0.25, -0.2) is 8.78 Å². The standard InChI is InChI=1S/C21H27F5O/c1-2-3-4-15-5-9-17(10-6-15)19(22)20(23)18-11-7-16(8-12-18)13-27-14-21(24,25)26/h7-8,11-12,15,17H,2-6,9-10,13-14H2,1H3/b20-19+. The van der Waals surface area contributed by atoms with Crippen molar-refractivity contribution in [2.75, 3.05) is 6.61 Å². The second kappa shape index (κ2) is 10.2. The fourth-order valence-corrected chi connectivity index (χ4v) is 3.55. The predicted octanol–water partition coefficient (Wildman–Crippen LogP) is 7.37. The molecule has 152 valence electrons. The van der Waals surface area contributed by atoms with Gasteiger partial charge in [0.2, 0.25) is 0 Å². The Kier molecular flexibility index (Phi) is 8.27. The van der Waals surface area contributed by atoms with Crippen LogP contribution in [0.1, 0.15) is 63.0 Å². The molecule has 0 amide bonds. The Morgan fingerprint density at radius 1 is 1.04 bits per heavy atom. The zero-order valence-electron chi connectivity index (χ0n) is 15.6. The minimum absolute atomic E-state index is 0.111.